The molecule has 1 aliphatic heterocycles. The Kier molecular flexibility index (Phi) is 13.6. The van der Waals surface area contributed by atoms with Crippen LogP contribution < -0.4 is 5.32 Å². The minimum Gasteiger partial charge on any atom is -0.344 e. The van der Waals surface area contributed by atoms with Crippen molar-refractivity contribution < 1.29 is 28.8 Å². The number of hydrogen-bond donors (Lipinski definition) is 1. The van der Waals surface area contributed by atoms with Gasteiger partial charge in [0.25, 0.3) is 0 Å². The molecule has 2 heterocycles. The van der Waals surface area contributed by atoms with Crippen molar-refractivity contribution in [1.29, 1.82) is 0 Å². The van der Waals surface area contributed by atoms with Gasteiger partial charge in [-0.1, -0.05) is 67.2 Å². The van der Waals surface area contributed by atoms with Crippen LogP contribution in [0.15, 0.2) is 18.6 Å². The molecule has 3 saturated carbocycles. The molecule has 50 heavy (non-hydrogen) atoms. The molecule has 0 radical (unpaired) electrons. The molecule has 1 aromatic heterocycles. The molecule has 10 nitrogen and oxygen atoms in total. The van der Waals surface area contributed by atoms with Crippen molar-refractivity contribution in [3.8, 4) is 0 Å². The largest absolute Gasteiger partial charge is 0.344 e. The molecule has 1 saturated heterocycles. The summed E-state index contributed by atoms with van der Waals surface area (Å²) in [5, 5.41) is 3.10. The van der Waals surface area contributed by atoms with Crippen LogP contribution in [0.4, 0.5) is 0 Å². The number of ketones is 4. The molecule has 0 bridgehead atoms. The second-order valence-electron chi connectivity index (χ2n) is 16.4. The highest BCUT2D eigenvalue weighted by atomic mass is 16.2. The molecular formula is C40H60N4O6. The van der Waals surface area contributed by atoms with E-state index in [0.29, 0.717) is 25.3 Å². The van der Waals surface area contributed by atoms with E-state index in [4.69, 9.17) is 0 Å². The second-order valence-corrected chi connectivity index (χ2v) is 16.4. The van der Waals surface area contributed by atoms with Crippen molar-refractivity contribution in [2.75, 3.05) is 6.54 Å². The molecule has 1 N–H and O–H groups in total. The van der Waals surface area contributed by atoms with E-state index in [1.165, 1.54) is 18.6 Å². The maximum atomic E-state index is 14.7. The van der Waals surface area contributed by atoms with Crippen molar-refractivity contribution in [2.24, 2.45) is 40.9 Å². The van der Waals surface area contributed by atoms with E-state index in [1.54, 1.807) is 4.90 Å². The maximum Gasteiger partial charge on any atom is 0.246 e. The fourth-order valence-electron chi connectivity index (χ4n) is 8.72. The van der Waals surface area contributed by atoms with Gasteiger partial charge in [0.15, 0.2) is 17.3 Å². The van der Waals surface area contributed by atoms with Crippen molar-refractivity contribution in [3.63, 3.8) is 0 Å². The molecule has 5 rings (SSSR count). The third kappa shape index (κ3) is 9.52. The van der Waals surface area contributed by atoms with Crippen molar-refractivity contribution in [2.45, 2.75) is 144 Å². The topological polar surface area (TPSA) is 143 Å². The van der Waals surface area contributed by atoms with Crippen LogP contribution in [0.25, 0.3) is 0 Å². The van der Waals surface area contributed by atoms with Crippen LogP contribution in [0.5, 0.6) is 0 Å². The Bertz CT molecular complexity index is 1380. The van der Waals surface area contributed by atoms with Crippen molar-refractivity contribution in [1.82, 2.24) is 20.2 Å². The molecule has 0 spiro atoms. The predicted molar refractivity (Wildman–Crippen MR) is 191 cm³/mol. The van der Waals surface area contributed by atoms with E-state index in [2.05, 4.69) is 15.3 Å². The number of likely N-dealkylation sites (tertiary alicyclic amines) is 1. The quantitative estimate of drug-likeness (QED) is 0.156. The molecule has 3 aliphatic carbocycles. The van der Waals surface area contributed by atoms with Gasteiger partial charge in [-0.05, 0) is 74.0 Å². The van der Waals surface area contributed by atoms with E-state index in [9.17, 15) is 28.8 Å². The summed E-state index contributed by atoms with van der Waals surface area (Å²) >= 11 is 0. The average Bonchev–Trinajstić information content (AvgIpc) is 3.65. The first kappa shape index (κ1) is 39.5. The number of Topliss-reactive ketones (excluding diaryl/α,β-unsaturated/α-hetero) is 4. The summed E-state index contributed by atoms with van der Waals surface area (Å²) in [5.74, 6) is -2.59. The summed E-state index contributed by atoms with van der Waals surface area (Å²) < 4.78 is 0. The molecule has 2 amide bonds. The van der Waals surface area contributed by atoms with Gasteiger partial charge in [-0.3, -0.25) is 33.8 Å². The highest BCUT2D eigenvalue weighted by Gasteiger charge is 2.52. The smallest absolute Gasteiger partial charge is 0.246 e. The number of rotatable bonds is 16. The first-order valence-electron chi connectivity index (χ1n) is 18.9. The number of nitrogens with one attached hydrogen (secondary N) is 1. The molecule has 4 aliphatic rings. The van der Waals surface area contributed by atoms with E-state index >= 15 is 0 Å². The van der Waals surface area contributed by atoms with Gasteiger partial charge in [0.2, 0.25) is 17.6 Å². The van der Waals surface area contributed by atoms with E-state index in [0.717, 1.165) is 64.2 Å². The fraction of sp³-hybridized carbons (Fsp3) is 0.750. The lowest BCUT2D eigenvalue weighted by Gasteiger charge is -2.38. The number of carbonyl (C=O) groups is 6. The van der Waals surface area contributed by atoms with E-state index < -0.39 is 35.1 Å². The number of aromatic nitrogens is 2. The standard InChI is InChI=1S/C39H56N4O6.CH4/c1-5-10-26(35(47)33(46)19-24-15-16-24)20-32(45)34-28-14-9-13-27(28)23-43(34)38(49)36(39(2,3)4)42-37(48)29(25-11-7-6-8-12-25)21-31(44)30-22-40-17-18-41-30;/h17-18,22,24-29,34,36H,5-16,19-21,23H2,1-4H3,(H,42,48);1H4/t26?,27-,28-,29+,34?,36+;/m0./s1. The Labute approximate surface area is 298 Å². The van der Waals surface area contributed by atoms with Gasteiger partial charge in [0.1, 0.15) is 11.7 Å². The third-order valence-corrected chi connectivity index (χ3v) is 11.6. The van der Waals surface area contributed by atoms with Gasteiger partial charge in [-0.15, -0.1) is 0 Å². The van der Waals surface area contributed by atoms with Crippen LogP contribution in [-0.4, -0.2) is 68.4 Å². The second kappa shape index (κ2) is 17.3. The minimum absolute atomic E-state index is 0. The molecule has 4 fully saturated rings. The van der Waals surface area contributed by atoms with Crippen LogP contribution in [0, 0.1) is 40.9 Å². The Morgan fingerprint density at radius 2 is 1.64 bits per heavy atom. The number of nitrogens with zero attached hydrogens (tertiary/aromatic N) is 3. The lowest BCUT2D eigenvalue weighted by molar-refractivity contribution is -0.146. The summed E-state index contributed by atoms with van der Waals surface area (Å²) in [4.78, 5) is 92.3. The monoisotopic (exact) mass is 692 g/mol. The fourth-order valence-corrected chi connectivity index (χ4v) is 8.72. The van der Waals surface area contributed by atoms with Crippen LogP contribution in [-0.2, 0) is 24.0 Å². The summed E-state index contributed by atoms with van der Waals surface area (Å²) in [5.41, 5.74) is -0.460. The molecule has 1 aromatic rings. The Morgan fingerprint density at radius 1 is 0.920 bits per heavy atom. The molecule has 0 aromatic carbocycles. The normalized spacial score (nSPS) is 24.0. The Balaban J connectivity index is 0.00000562. The SMILES string of the molecule is C.CCCC(CC(=O)C1[C@H]2CCC[C@H]2CN1C(=O)[C@@H](NC(=O)[C@H](CC(=O)c1cnccn1)C1CCCCC1)C(C)(C)C)C(=O)C(=O)CC1CC1. The Hall–Kier alpha value is -3.30. The van der Waals surface area contributed by atoms with Gasteiger partial charge in [-0.25, -0.2) is 4.98 Å². The van der Waals surface area contributed by atoms with Gasteiger partial charge in [0, 0.05) is 50.0 Å². The lowest BCUT2D eigenvalue weighted by Crippen LogP contribution is -2.58. The van der Waals surface area contributed by atoms with E-state index in [1.807, 2.05) is 27.7 Å². The van der Waals surface area contributed by atoms with Crippen molar-refractivity contribution >= 4 is 34.9 Å². The number of fused-ring (bicyclic) bond motifs is 1. The van der Waals surface area contributed by atoms with Crippen LogP contribution in [0.2, 0.25) is 0 Å². The van der Waals surface area contributed by atoms with Crippen LogP contribution in [0.3, 0.4) is 0 Å². The highest BCUT2D eigenvalue weighted by Crippen LogP contribution is 2.44. The average molecular weight is 693 g/mol. The molecular weight excluding hydrogens is 632 g/mol. The zero-order valence-corrected chi connectivity index (χ0v) is 30.0. The van der Waals surface area contributed by atoms with Crippen LogP contribution >= 0.6 is 0 Å². The van der Waals surface area contributed by atoms with Gasteiger partial charge in [-0.2, -0.15) is 0 Å². The number of amides is 2. The first-order valence-corrected chi connectivity index (χ1v) is 18.9. The van der Waals surface area contributed by atoms with Gasteiger partial charge in [0.05, 0.1) is 12.2 Å². The van der Waals surface area contributed by atoms with Crippen LogP contribution in [0.1, 0.15) is 142 Å². The first-order chi connectivity index (χ1) is 23.4. The maximum absolute atomic E-state index is 14.7. The zero-order chi connectivity index (χ0) is 35.3. The van der Waals surface area contributed by atoms with Gasteiger partial charge >= 0.3 is 0 Å². The van der Waals surface area contributed by atoms with Gasteiger partial charge < -0.3 is 10.2 Å². The summed E-state index contributed by atoms with van der Waals surface area (Å²) in [6, 6.07) is -1.60. The molecule has 276 valence electrons. The Morgan fingerprint density at radius 3 is 2.26 bits per heavy atom. The predicted octanol–water partition coefficient (Wildman–Crippen LogP) is 6.35. The highest BCUT2D eigenvalue weighted by molar-refractivity contribution is 6.38. The van der Waals surface area contributed by atoms with E-state index in [-0.39, 0.29) is 79.3 Å². The zero-order valence-electron chi connectivity index (χ0n) is 30.0. The summed E-state index contributed by atoms with van der Waals surface area (Å²) in [6.45, 7) is 8.11. The number of hydrogen-bond acceptors (Lipinski definition) is 8. The summed E-state index contributed by atoms with van der Waals surface area (Å²) in [6.07, 6.45) is 15.2. The minimum atomic E-state index is -0.917. The molecule has 10 heteroatoms. The third-order valence-electron chi connectivity index (χ3n) is 11.6. The molecule has 2 unspecified atom stereocenters. The lowest BCUT2D eigenvalue weighted by atomic mass is 9.76. The van der Waals surface area contributed by atoms with Crippen molar-refractivity contribution in [3.05, 3.63) is 24.3 Å². The molecule has 6 atom stereocenters. The number of carbonyl (C=O) groups excluding carboxylic acids is 6. The summed E-state index contributed by atoms with van der Waals surface area (Å²) in [7, 11) is 0.